The van der Waals surface area contributed by atoms with Gasteiger partial charge in [-0.25, -0.2) is 8.42 Å². The van der Waals surface area contributed by atoms with Crippen LogP contribution in [0, 0.1) is 0 Å². The van der Waals surface area contributed by atoms with Crippen LogP contribution in [0.3, 0.4) is 0 Å². The summed E-state index contributed by atoms with van der Waals surface area (Å²) >= 11 is 1.84. The van der Waals surface area contributed by atoms with Gasteiger partial charge in [0.2, 0.25) is 10.0 Å². The number of fused-ring (bicyclic) bond motifs is 1. The Bertz CT molecular complexity index is 975. The zero-order chi connectivity index (χ0) is 20.6. The highest BCUT2D eigenvalue weighted by Crippen LogP contribution is 2.28. The van der Waals surface area contributed by atoms with Gasteiger partial charge in [-0.15, -0.1) is 11.3 Å². The molecule has 0 bridgehead atoms. The summed E-state index contributed by atoms with van der Waals surface area (Å²) < 4.78 is 26.6. The van der Waals surface area contributed by atoms with Crippen LogP contribution in [0.4, 0.5) is 0 Å². The Morgan fingerprint density at radius 3 is 2.48 bits per heavy atom. The maximum absolute atomic E-state index is 12.8. The summed E-state index contributed by atoms with van der Waals surface area (Å²) in [5.74, 6) is -0.0266. The van der Waals surface area contributed by atoms with Gasteiger partial charge in [-0.1, -0.05) is 13.8 Å². The number of nitrogens with zero attached hydrogens (tertiary/aromatic N) is 3. The van der Waals surface area contributed by atoms with E-state index in [0.717, 1.165) is 32.6 Å². The lowest BCUT2D eigenvalue weighted by Gasteiger charge is -2.46. The van der Waals surface area contributed by atoms with E-state index in [9.17, 15) is 13.2 Å². The molecule has 29 heavy (non-hydrogen) atoms. The monoisotopic (exact) mass is 433 g/mol. The van der Waals surface area contributed by atoms with Gasteiger partial charge in [0.1, 0.15) is 0 Å². The van der Waals surface area contributed by atoms with Crippen molar-refractivity contribution in [2.75, 3.05) is 32.7 Å². The van der Waals surface area contributed by atoms with Crippen molar-refractivity contribution in [2.24, 2.45) is 0 Å². The first-order valence-corrected chi connectivity index (χ1v) is 12.4. The first-order valence-electron chi connectivity index (χ1n) is 10.1. The molecule has 8 heteroatoms. The van der Waals surface area contributed by atoms with Gasteiger partial charge < -0.3 is 4.90 Å². The standard InChI is InChI=1S/C21H27N3O3S2/c1-3-24(4-2)29(26,27)19-7-5-16(6-8-19)21(25)23-14-18(15-23)22-11-9-20-17(13-22)10-12-28-20/h5-8,10,12,18H,3-4,9,11,13-15H2,1-2H3. The lowest BCUT2D eigenvalue weighted by atomic mass is 10.0. The number of amides is 1. The van der Waals surface area contributed by atoms with Gasteiger partial charge in [-0.05, 0) is 47.7 Å². The Kier molecular flexibility index (Phi) is 5.79. The molecule has 2 aliphatic heterocycles. The molecule has 6 nitrogen and oxygen atoms in total. The second-order valence-electron chi connectivity index (χ2n) is 7.57. The van der Waals surface area contributed by atoms with Gasteiger partial charge in [0.15, 0.2) is 0 Å². The van der Waals surface area contributed by atoms with Gasteiger partial charge in [0.25, 0.3) is 5.91 Å². The molecule has 1 saturated heterocycles. The molecule has 4 rings (SSSR count). The molecule has 0 spiro atoms. The van der Waals surface area contributed by atoms with E-state index in [1.807, 2.05) is 30.1 Å². The van der Waals surface area contributed by atoms with Crippen molar-refractivity contribution in [3.05, 3.63) is 51.7 Å². The summed E-state index contributed by atoms with van der Waals surface area (Å²) in [5.41, 5.74) is 1.97. The van der Waals surface area contributed by atoms with Crippen LogP contribution in [-0.2, 0) is 23.0 Å². The molecule has 0 N–H and O–H groups in total. The summed E-state index contributed by atoms with van der Waals surface area (Å²) in [4.78, 5) is 18.8. The summed E-state index contributed by atoms with van der Waals surface area (Å²) in [5, 5.41) is 2.16. The number of rotatable bonds is 6. The molecule has 1 fully saturated rings. The maximum atomic E-state index is 12.8. The number of benzene rings is 1. The Morgan fingerprint density at radius 2 is 1.83 bits per heavy atom. The highest BCUT2D eigenvalue weighted by Gasteiger charge is 2.36. The molecule has 1 amide bonds. The Balaban J connectivity index is 1.37. The normalized spacial score (nSPS) is 18.0. The number of carbonyl (C=O) groups is 1. The molecule has 2 aliphatic rings. The van der Waals surface area contributed by atoms with Gasteiger partial charge in [-0.3, -0.25) is 9.69 Å². The number of likely N-dealkylation sites (tertiary alicyclic amines) is 1. The lowest BCUT2D eigenvalue weighted by molar-refractivity contribution is 0.0221. The van der Waals surface area contributed by atoms with E-state index in [1.54, 1.807) is 24.3 Å². The van der Waals surface area contributed by atoms with Crippen molar-refractivity contribution in [1.29, 1.82) is 0 Å². The highest BCUT2D eigenvalue weighted by molar-refractivity contribution is 7.89. The number of thiophene rings is 1. The third-order valence-electron chi connectivity index (χ3n) is 5.95. The summed E-state index contributed by atoms with van der Waals surface area (Å²) in [6.45, 7) is 7.99. The molecule has 1 aromatic heterocycles. The molecular weight excluding hydrogens is 406 g/mol. The maximum Gasteiger partial charge on any atom is 0.253 e. The smallest absolute Gasteiger partial charge is 0.253 e. The molecule has 2 aromatic rings. The zero-order valence-corrected chi connectivity index (χ0v) is 18.5. The minimum atomic E-state index is -3.50. The van der Waals surface area contributed by atoms with Crippen molar-refractivity contribution in [1.82, 2.24) is 14.1 Å². The second kappa shape index (κ2) is 8.18. The van der Waals surface area contributed by atoms with Crippen LogP contribution in [-0.4, -0.2) is 67.2 Å². The Labute approximate surface area is 176 Å². The van der Waals surface area contributed by atoms with Crippen LogP contribution < -0.4 is 0 Å². The number of hydrogen-bond acceptors (Lipinski definition) is 5. The molecule has 1 aromatic carbocycles. The van der Waals surface area contributed by atoms with Gasteiger partial charge >= 0.3 is 0 Å². The molecule has 156 valence electrons. The van der Waals surface area contributed by atoms with E-state index >= 15 is 0 Å². The summed E-state index contributed by atoms with van der Waals surface area (Å²) in [6, 6.07) is 8.97. The molecular formula is C21H27N3O3S2. The first-order chi connectivity index (χ1) is 13.9. The molecule has 0 unspecified atom stereocenters. The van der Waals surface area contributed by atoms with Crippen molar-refractivity contribution >= 4 is 27.3 Å². The average Bonchev–Trinajstić information content (AvgIpc) is 3.15. The Morgan fingerprint density at radius 1 is 1.14 bits per heavy atom. The fraction of sp³-hybridized carbons (Fsp3) is 0.476. The van der Waals surface area contributed by atoms with Crippen LogP contribution >= 0.6 is 11.3 Å². The van der Waals surface area contributed by atoms with Crippen molar-refractivity contribution in [3.8, 4) is 0 Å². The quantitative estimate of drug-likeness (QED) is 0.703. The van der Waals surface area contributed by atoms with Crippen molar-refractivity contribution in [2.45, 2.75) is 37.8 Å². The van der Waals surface area contributed by atoms with Crippen LogP contribution in [0.5, 0.6) is 0 Å². The highest BCUT2D eigenvalue weighted by atomic mass is 32.2. The first kappa shape index (κ1) is 20.5. The predicted octanol–water partition coefficient (Wildman–Crippen LogP) is 2.66. The van der Waals surface area contributed by atoms with Crippen LogP contribution in [0.1, 0.15) is 34.6 Å². The van der Waals surface area contributed by atoms with E-state index in [2.05, 4.69) is 16.3 Å². The fourth-order valence-corrected chi connectivity index (χ4v) is 6.45. The third-order valence-corrected chi connectivity index (χ3v) is 9.03. The van der Waals surface area contributed by atoms with E-state index < -0.39 is 10.0 Å². The number of carbonyl (C=O) groups excluding carboxylic acids is 1. The minimum Gasteiger partial charge on any atom is -0.335 e. The topological polar surface area (TPSA) is 60.9 Å². The van der Waals surface area contributed by atoms with Gasteiger partial charge in [0, 0.05) is 55.8 Å². The molecule has 0 saturated carbocycles. The van der Waals surface area contributed by atoms with E-state index in [-0.39, 0.29) is 10.8 Å². The SMILES string of the molecule is CCN(CC)S(=O)(=O)c1ccc(C(=O)N2CC(N3CCc4sccc4C3)C2)cc1. The van der Waals surface area contributed by atoms with Crippen LogP contribution in [0.2, 0.25) is 0 Å². The molecule has 0 atom stereocenters. The summed E-state index contributed by atoms with van der Waals surface area (Å²) in [6.07, 6.45) is 1.10. The molecule has 0 aliphatic carbocycles. The van der Waals surface area contributed by atoms with Crippen molar-refractivity contribution in [3.63, 3.8) is 0 Å². The minimum absolute atomic E-state index is 0.0266. The lowest BCUT2D eigenvalue weighted by Crippen LogP contribution is -2.61. The van der Waals surface area contributed by atoms with E-state index in [4.69, 9.17) is 0 Å². The number of hydrogen-bond donors (Lipinski definition) is 0. The summed E-state index contributed by atoms with van der Waals surface area (Å²) in [7, 11) is -3.50. The van der Waals surface area contributed by atoms with Crippen LogP contribution in [0.15, 0.2) is 40.6 Å². The van der Waals surface area contributed by atoms with Gasteiger partial charge in [0.05, 0.1) is 4.90 Å². The predicted molar refractivity (Wildman–Crippen MR) is 115 cm³/mol. The largest absolute Gasteiger partial charge is 0.335 e. The van der Waals surface area contributed by atoms with Gasteiger partial charge in [-0.2, -0.15) is 4.31 Å². The van der Waals surface area contributed by atoms with E-state index in [0.29, 0.717) is 24.7 Å². The van der Waals surface area contributed by atoms with E-state index in [1.165, 1.54) is 14.7 Å². The second-order valence-corrected chi connectivity index (χ2v) is 10.5. The number of sulfonamides is 1. The third kappa shape index (κ3) is 3.86. The fourth-order valence-electron chi connectivity index (χ4n) is 4.10. The zero-order valence-electron chi connectivity index (χ0n) is 16.9. The van der Waals surface area contributed by atoms with Crippen LogP contribution in [0.25, 0.3) is 0 Å². The Hall–Kier alpha value is -1.74. The van der Waals surface area contributed by atoms with Crippen molar-refractivity contribution < 1.29 is 13.2 Å². The molecule has 3 heterocycles. The molecule has 0 radical (unpaired) electrons. The average molecular weight is 434 g/mol.